The molecule has 88 valence electrons. The zero-order chi connectivity index (χ0) is 11.2. The Morgan fingerprint density at radius 3 is 2.00 bits per heavy atom. The van der Waals surface area contributed by atoms with Gasteiger partial charge in [0.2, 0.25) is 0 Å². The van der Waals surface area contributed by atoms with Crippen molar-refractivity contribution in [3.63, 3.8) is 0 Å². The smallest absolute Gasteiger partial charge is 0.293 e. The van der Waals surface area contributed by atoms with Crippen molar-refractivity contribution in [1.82, 2.24) is 0 Å². The first-order valence-electron chi connectivity index (χ1n) is 6.47. The highest BCUT2D eigenvalue weighted by Gasteiger charge is 2.54. The Balaban J connectivity index is 1.86. The number of ether oxygens (including phenoxy) is 1. The first-order chi connectivity index (χ1) is 7.75. The van der Waals surface area contributed by atoms with E-state index < -0.39 is 0 Å². The lowest BCUT2D eigenvalue weighted by Gasteiger charge is -2.58. The minimum Gasteiger partial charge on any atom is -0.460 e. The first-order valence-corrected chi connectivity index (χ1v) is 6.47. The van der Waals surface area contributed by atoms with E-state index in [1.165, 1.54) is 38.5 Å². The Morgan fingerprint density at radius 2 is 1.62 bits per heavy atom. The molecular weight excluding hydrogens is 200 g/mol. The summed E-state index contributed by atoms with van der Waals surface area (Å²) in [4.78, 5) is 10.6. The highest BCUT2D eigenvalue weighted by Crippen LogP contribution is 2.61. The molecule has 4 rings (SSSR count). The van der Waals surface area contributed by atoms with E-state index in [4.69, 9.17) is 4.74 Å². The molecule has 0 aromatic rings. The van der Waals surface area contributed by atoms with Crippen LogP contribution in [0.1, 0.15) is 38.5 Å². The zero-order valence-electron chi connectivity index (χ0n) is 9.73. The Morgan fingerprint density at radius 1 is 1.12 bits per heavy atom. The second-order valence-corrected chi connectivity index (χ2v) is 6.17. The van der Waals surface area contributed by atoms with Crippen molar-refractivity contribution >= 4 is 6.47 Å². The summed E-state index contributed by atoms with van der Waals surface area (Å²) in [6, 6.07) is 0. The van der Waals surface area contributed by atoms with Crippen LogP contribution in [0.5, 0.6) is 0 Å². The van der Waals surface area contributed by atoms with E-state index in [0.717, 1.165) is 17.8 Å². The molecule has 1 unspecified atom stereocenters. The van der Waals surface area contributed by atoms with Gasteiger partial charge in [0, 0.05) is 5.41 Å². The number of rotatable bonds is 4. The Labute approximate surface area is 97.1 Å². The van der Waals surface area contributed by atoms with Crippen LogP contribution < -0.4 is 0 Å². The summed E-state index contributed by atoms with van der Waals surface area (Å²) in [5.41, 5.74) is 0.247. The lowest BCUT2D eigenvalue weighted by atomic mass is 9.48. The predicted octanol–water partition coefficient (Wildman–Crippen LogP) is 2.93. The van der Waals surface area contributed by atoms with Gasteiger partial charge in [-0.1, -0.05) is 12.7 Å². The van der Waals surface area contributed by atoms with Gasteiger partial charge >= 0.3 is 0 Å². The summed E-state index contributed by atoms with van der Waals surface area (Å²) >= 11 is 0. The fourth-order valence-electron chi connectivity index (χ4n) is 5.04. The lowest BCUT2D eigenvalue weighted by Crippen LogP contribution is -2.51. The normalized spacial score (nSPS) is 46.4. The molecule has 1 atom stereocenters. The van der Waals surface area contributed by atoms with Crippen LogP contribution in [0.3, 0.4) is 0 Å². The van der Waals surface area contributed by atoms with Crippen LogP contribution in [-0.2, 0) is 9.53 Å². The van der Waals surface area contributed by atoms with E-state index in [9.17, 15) is 4.79 Å². The van der Waals surface area contributed by atoms with Gasteiger partial charge < -0.3 is 4.74 Å². The van der Waals surface area contributed by atoms with Crippen LogP contribution in [0.4, 0.5) is 0 Å². The second kappa shape index (κ2) is 3.61. The number of carbonyl (C=O) groups excluding carboxylic acids is 1. The molecule has 0 saturated heterocycles. The third kappa shape index (κ3) is 1.42. The quantitative estimate of drug-likeness (QED) is 0.538. The maximum absolute atomic E-state index is 10.6. The molecule has 2 nitrogen and oxygen atoms in total. The summed E-state index contributed by atoms with van der Waals surface area (Å²) in [5.74, 6) is 2.68. The molecule has 0 heterocycles. The largest absolute Gasteiger partial charge is 0.460 e. The summed E-state index contributed by atoms with van der Waals surface area (Å²) in [7, 11) is 0. The highest BCUT2D eigenvalue weighted by atomic mass is 16.5. The SMILES string of the molecule is C=CC(OC=O)C12CC3CC(CC(C3)C1)C2. The Kier molecular flexibility index (Phi) is 2.34. The van der Waals surface area contributed by atoms with Crippen molar-refractivity contribution in [2.75, 3.05) is 0 Å². The summed E-state index contributed by atoms with van der Waals surface area (Å²) in [5, 5.41) is 0. The van der Waals surface area contributed by atoms with Crippen molar-refractivity contribution in [1.29, 1.82) is 0 Å². The molecule has 16 heavy (non-hydrogen) atoms. The average molecular weight is 220 g/mol. The van der Waals surface area contributed by atoms with E-state index in [1.54, 1.807) is 0 Å². The van der Waals surface area contributed by atoms with Crippen LogP contribution >= 0.6 is 0 Å². The third-order valence-electron chi connectivity index (χ3n) is 5.11. The van der Waals surface area contributed by atoms with Crippen LogP contribution in [0, 0.1) is 23.2 Å². The molecule has 4 aliphatic carbocycles. The highest BCUT2D eigenvalue weighted by molar-refractivity contribution is 5.38. The van der Waals surface area contributed by atoms with Crippen molar-refractivity contribution in [2.24, 2.45) is 23.2 Å². The molecule has 4 bridgehead atoms. The van der Waals surface area contributed by atoms with Gasteiger partial charge in [0.15, 0.2) is 0 Å². The maximum Gasteiger partial charge on any atom is 0.293 e. The molecule has 0 spiro atoms. The molecule has 0 aromatic heterocycles. The summed E-state index contributed by atoms with van der Waals surface area (Å²) in [6.07, 6.45) is 9.83. The van der Waals surface area contributed by atoms with Gasteiger partial charge in [-0.15, -0.1) is 0 Å². The minimum absolute atomic E-state index is 0.0431. The van der Waals surface area contributed by atoms with Crippen LogP contribution in [-0.4, -0.2) is 12.6 Å². The van der Waals surface area contributed by atoms with E-state index in [1.807, 2.05) is 6.08 Å². The van der Waals surface area contributed by atoms with E-state index in [2.05, 4.69) is 6.58 Å². The van der Waals surface area contributed by atoms with E-state index >= 15 is 0 Å². The van der Waals surface area contributed by atoms with Crippen molar-refractivity contribution in [3.8, 4) is 0 Å². The van der Waals surface area contributed by atoms with Crippen molar-refractivity contribution < 1.29 is 9.53 Å². The maximum atomic E-state index is 10.6. The van der Waals surface area contributed by atoms with Gasteiger partial charge in [-0.25, -0.2) is 0 Å². The predicted molar refractivity (Wildman–Crippen MR) is 61.7 cm³/mol. The number of carbonyl (C=O) groups is 1. The molecule has 0 aliphatic heterocycles. The Hall–Kier alpha value is -0.790. The van der Waals surface area contributed by atoms with Crippen molar-refractivity contribution in [2.45, 2.75) is 44.6 Å². The summed E-state index contributed by atoms with van der Waals surface area (Å²) < 4.78 is 5.28. The van der Waals surface area contributed by atoms with E-state index in [0.29, 0.717) is 6.47 Å². The molecule has 0 N–H and O–H groups in total. The van der Waals surface area contributed by atoms with Crippen LogP contribution in [0.15, 0.2) is 12.7 Å². The number of hydrogen-bond donors (Lipinski definition) is 0. The molecule has 0 amide bonds. The molecule has 0 aromatic carbocycles. The van der Waals surface area contributed by atoms with Crippen molar-refractivity contribution in [3.05, 3.63) is 12.7 Å². The molecule has 0 radical (unpaired) electrons. The minimum atomic E-state index is -0.0431. The standard InChI is InChI=1S/C14H20O2/c1-2-13(16-9-15)14-6-10-3-11(7-14)5-12(4-10)8-14/h2,9-13H,1,3-8H2. The lowest BCUT2D eigenvalue weighted by molar-refractivity contribution is -0.152. The van der Waals surface area contributed by atoms with Gasteiger partial charge in [-0.3, -0.25) is 4.79 Å². The van der Waals surface area contributed by atoms with Gasteiger partial charge in [0.1, 0.15) is 6.10 Å². The second-order valence-electron chi connectivity index (χ2n) is 6.17. The van der Waals surface area contributed by atoms with E-state index in [-0.39, 0.29) is 11.5 Å². The van der Waals surface area contributed by atoms with Crippen LogP contribution in [0.25, 0.3) is 0 Å². The average Bonchev–Trinajstić information content (AvgIpc) is 2.23. The van der Waals surface area contributed by atoms with Gasteiger partial charge in [0.05, 0.1) is 0 Å². The molecule has 4 saturated carbocycles. The van der Waals surface area contributed by atoms with Gasteiger partial charge in [0.25, 0.3) is 6.47 Å². The number of hydrogen-bond acceptors (Lipinski definition) is 2. The first kappa shape index (κ1) is 10.4. The third-order valence-corrected chi connectivity index (χ3v) is 5.11. The fraction of sp³-hybridized carbons (Fsp3) is 0.786. The molecule has 4 aliphatic rings. The Bertz CT molecular complexity index is 273. The van der Waals surface area contributed by atoms with Gasteiger partial charge in [-0.2, -0.15) is 0 Å². The molecule has 2 heteroatoms. The van der Waals surface area contributed by atoms with Crippen LogP contribution in [0.2, 0.25) is 0 Å². The van der Waals surface area contributed by atoms with Gasteiger partial charge in [-0.05, 0) is 56.3 Å². The molecule has 4 fully saturated rings. The summed E-state index contributed by atoms with van der Waals surface area (Å²) in [6.45, 7) is 4.46. The zero-order valence-corrected chi connectivity index (χ0v) is 9.73. The monoisotopic (exact) mass is 220 g/mol. The topological polar surface area (TPSA) is 26.3 Å². The molecular formula is C14H20O2. The fourth-order valence-corrected chi connectivity index (χ4v) is 5.04.